The Labute approximate surface area is 138 Å². The molecule has 3 rings (SSSR count). The van der Waals surface area contributed by atoms with Crippen LogP contribution in [0, 0.1) is 17.2 Å². The molecule has 1 aromatic heterocycles. The van der Waals surface area contributed by atoms with E-state index in [2.05, 4.69) is 35.0 Å². The van der Waals surface area contributed by atoms with Crippen molar-refractivity contribution in [3.8, 4) is 6.07 Å². The minimum atomic E-state index is 0.451. The highest BCUT2D eigenvalue weighted by Crippen LogP contribution is 2.32. The van der Waals surface area contributed by atoms with Crippen molar-refractivity contribution in [2.24, 2.45) is 5.92 Å². The van der Waals surface area contributed by atoms with Gasteiger partial charge < -0.3 is 9.64 Å². The van der Waals surface area contributed by atoms with E-state index >= 15 is 0 Å². The molecule has 2 aliphatic heterocycles. The Morgan fingerprint density at radius 3 is 2.52 bits per heavy atom. The highest BCUT2D eigenvalue weighted by molar-refractivity contribution is 5.58. The number of anilines is 1. The lowest BCUT2D eigenvalue weighted by atomic mass is 9.89. The van der Waals surface area contributed by atoms with Crippen LogP contribution in [-0.4, -0.2) is 36.0 Å². The number of rotatable bonds is 4. The van der Waals surface area contributed by atoms with Crippen LogP contribution in [0.2, 0.25) is 0 Å². The minimum absolute atomic E-state index is 0.451. The lowest BCUT2D eigenvalue weighted by molar-refractivity contribution is 0.0531. The largest absolute Gasteiger partial charge is 0.378 e. The smallest absolute Gasteiger partial charge is 0.169 e. The molecule has 5 nitrogen and oxygen atoms in total. The van der Waals surface area contributed by atoms with Crippen molar-refractivity contribution in [3.63, 3.8) is 0 Å². The number of piperidine rings is 1. The number of aromatic nitrogens is 2. The van der Waals surface area contributed by atoms with E-state index in [-0.39, 0.29) is 0 Å². The molecule has 5 heteroatoms. The molecule has 1 unspecified atom stereocenters. The number of hydrogen-bond donors (Lipinski definition) is 0. The van der Waals surface area contributed by atoms with Crippen molar-refractivity contribution in [2.45, 2.75) is 58.5 Å². The van der Waals surface area contributed by atoms with Crippen molar-refractivity contribution in [1.29, 1.82) is 5.26 Å². The summed E-state index contributed by atoms with van der Waals surface area (Å²) < 4.78 is 5.85. The zero-order chi connectivity index (χ0) is 16.2. The predicted molar refractivity (Wildman–Crippen MR) is 89.4 cm³/mol. The SMILES string of the molecule is CCc1nnc(N2CCC(C3CCCO3)CC2)c(C#N)c1CC. The summed E-state index contributed by atoms with van der Waals surface area (Å²) in [6.07, 6.45) is 6.76. The summed E-state index contributed by atoms with van der Waals surface area (Å²) in [5.74, 6) is 1.44. The first-order valence-corrected chi connectivity index (χ1v) is 8.93. The molecule has 2 fully saturated rings. The van der Waals surface area contributed by atoms with Crippen molar-refractivity contribution in [2.75, 3.05) is 24.6 Å². The maximum atomic E-state index is 9.64. The average molecular weight is 314 g/mol. The molecule has 0 radical (unpaired) electrons. The lowest BCUT2D eigenvalue weighted by Crippen LogP contribution is -2.38. The van der Waals surface area contributed by atoms with Crippen LogP contribution >= 0.6 is 0 Å². The first kappa shape index (κ1) is 16.2. The molecule has 0 aliphatic carbocycles. The molecule has 0 N–H and O–H groups in total. The molecule has 1 atom stereocenters. The van der Waals surface area contributed by atoms with Crippen LogP contribution in [0.1, 0.15) is 56.4 Å². The Morgan fingerprint density at radius 1 is 1.17 bits per heavy atom. The van der Waals surface area contributed by atoms with E-state index in [1.807, 2.05) is 0 Å². The Kier molecular flexibility index (Phi) is 5.12. The number of hydrogen-bond acceptors (Lipinski definition) is 5. The quantitative estimate of drug-likeness (QED) is 0.855. The van der Waals surface area contributed by atoms with E-state index in [9.17, 15) is 5.26 Å². The second-order valence-corrected chi connectivity index (χ2v) is 6.52. The summed E-state index contributed by atoms with van der Waals surface area (Å²) in [5, 5.41) is 18.4. The third kappa shape index (κ3) is 3.18. The van der Waals surface area contributed by atoms with Gasteiger partial charge in [-0.3, -0.25) is 0 Å². The summed E-state index contributed by atoms with van der Waals surface area (Å²) in [5.41, 5.74) is 2.76. The molecule has 0 bridgehead atoms. The molecular weight excluding hydrogens is 288 g/mol. The van der Waals surface area contributed by atoms with E-state index in [1.165, 1.54) is 12.8 Å². The number of ether oxygens (including phenoxy) is 1. The number of nitrogens with zero attached hydrogens (tertiary/aromatic N) is 4. The van der Waals surface area contributed by atoms with E-state index in [0.29, 0.717) is 12.0 Å². The number of nitriles is 1. The van der Waals surface area contributed by atoms with E-state index in [4.69, 9.17) is 4.74 Å². The van der Waals surface area contributed by atoms with Gasteiger partial charge in [-0.1, -0.05) is 13.8 Å². The van der Waals surface area contributed by atoms with Gasteiger partial charge in [0.05, 0.1) is 11.8 Å². The van der Waals surface area contributed by atoms with E-state index in [1.54, 1.807) is 0 Å². The predicted octanol–water partition coefficient (Wildman–Crippen LogP) is 2.87. The minimum Gasteiger partial charge on any atom is -0.378 e. The van der Waals surface area contributed by atoms with Crippen molar-refractivity contribution in [3.05, 3.63) is 16.8 Å². The second-order valence-electron chi connectivity index (χ2n) is 6.52. The zero-order valence-corrected chi connectivity index (χ0v) is 14.2. The van der Waals surface area contributed by atoms with Gasteiger partial charge in [0.2, 0.25) is 0 Å². The summed E-state index contributed by atoms with van der Waals surface area (Å²) in [7, 11) is 0. The average Bonchev–Trinajstić information content (AvgIpc) is 3.15. The Bertz CT molecular complexity index is 581. The maximum Gasteiger partial charge on any atom is 0.169 e. The van der Waals surface area contributed by atoms with Gasteiger partial charge in [-0.2, -0.15) is 10.4 Å². The fraction of sp³-hybridized carbons (Fsp3) is 0.722. The topological polar surface area (TPSA) is 62.0 Å². The van der Waals surface area contributed by atoms with Crippen molar-refractivity contribution in [1.82, 2.24) is 10.2 Å². The first-order chi connectivity index (χ1) is 11.3. The molecule has 2 saturated heterocycles. The van der Waals surface area contributed by atoms with Gasteiger partial charge in [0.15, 0.2) is 5.82 Å². The maximum absolute atomic E-state index is 9.64. The third-order valence-corrected chi connectivity index (χ3v) is 5.27. The summed E-state index contributed by atoms with van der Waals surface area (Å²) >= 11 is 0. The highest BCUT2D eigenvalue weighted by Gasteiger charge is 2.31. The Balaban J connectivity index is 1.76. The fourth-order valence-corrected chi connectivity index (χ4v) is 3.96. The van der Waals surface area contributed by atoms with E-state index < -0.39 is 0 Å². The molecule has 2 aliphatic rings. The molecule has 3 heterocycles. The monoisotopic (exact) mass is 314 g/mol. The van der Waals surface area contributed by atoms with Gasteiger partial charge in [-0.15, -0.1) is 5.10 Å². The van der Waals surface area contributed by atoms with Crippen LogP contribution in [-0.2, 0) is 17.6 Å². The van der Waals surface area contributed by atoms with Gasteiger partial charge in [0.1, 0.15) is 11.6 Å². The fourth-order valence-electron chi connectivity index (χ4n) is 3.96. The number of aryl methyl sites for hydroxylation is 1. The van der Waals surface area contributed by atoms with Crippen molar-refractivity contribution >= 4 is 5.82 Å². The standard InChI is InChI=1S/C18H26N4O/c1-3-14-15(12-19)18(21-20-16(14)4-2)22-9-7-13(8-10-22)17-6-5-11-23-17/h13,17H,3-11H2,1-2H3. The van der Waals surface area contributed by atoms with Gasteiger partial charge in [-0.05, 0) is 50.0 Å². The summed E-state index contributed by atoms with van der Waals surface area (Å²) in [4.78, 5) is 2.25. The zero-order valence-electron chi connectivity index (χ0n) is 14.2. The van der Waals surface area contributed by atoms with Crippen LogP contribution < -0.4 is 4.90 Å². The Morgan fingerprint density at radius 2 is 1.96 bits per heavy atom. The lowest BCUT2D eigenvalue weighted by Gasteiger charge is -2.35. The molecule has 0 amide bonds. The van der Waals surface area contributed by atoms with Crippen molar-refractivity contribution < 1.29 is 4.74 Å². The summed E-state index contributed by atoms with van der Waals surface area (Å²) in [6, 6.07) is 2.38. The second kappa shape index (κ2) is 7.27. The third-order valence-electron chi connectivity index (χ3n) is 5.27. The van der Waals surface area contributed by atoms with Crippen LogP contribution in [0.3, 0.4) is 0 Å². The molecule has 0 spiro atoms. The normalized spacial score (nSPS) is 22.3. The van der Waals surface area contributed by atoms with Gasteiger partial charge in [-0.25, -0.2) is 0 Å². The molecule has 0 saturated carbocycles. The Hall–Kier alpha value is -1.67. The van der Waals surface area contributed by atoms with Crippen LogP contribution in [0.4, 0.5) is 5.82 Å². The molecule has 124 valence electrons. The van der Waals surface area contributed by atoms with Gasteiger partial charge in [0, 0.05) is 19.7 Å². The molecule has 23 heavy (non-hydrogen) atoms. The van der Waals surface area contributed by atoms with Crippen LogP contribution in [0.25, 0.3) is 0 Å². The van der Waals surface area contributed by atoms with E-state index in [0.717, 1.165) is 68.0 Å². The van der Waals surface area contributed by atoms with Crippen LogP contribution in [0.5, 0.6) is 0 Å². The van der Waals surface area contributed by atoms with Crippen LogP contribution in [0.15, 0.2) is 0 Å². The molecule has 1 aromatic rings. The first-order valence-electron chi connectivity index (χ1n) is 8.93. The van der Waals surface area contributed by atoms with Gasteiger partial charge in [0.25, 0.3) is 0 Å². The molecular formula is C18H26N4O. The molecule has 0 aromatic carbocycles. The van der Waals surface area contributed by atoms with Gasteiger partial charge >= 0.3 is 0 Å². The summed E-state index contributed by atoms with van der Waals surface area (Å²) in [6.45, 7) is 6.97. The highest BCUT2D eigenvalue weighted by atomic mass is 16.5.